The predicted octanol–water partition coefficient (Wildman–Crippen LogP) is 4.95. The van der Waals surface area contributed by atoms with Crippen molar-refractivity contribution >= 4 is 23.6 Å². The summed E-state index contributed by atoms with van der Waals surface area (Å²) in [4.78, 5) is 27.5. The fourth-order valence-electron chi connectivity index (χ4n) is 3.12. The standard InChI is InChI=1S/C25H34N2O2S/c1-5-20(3)26-25(29)21(4)27(17-23-13-9-10-19(2)16-23)24(28)14-15-30-18-22-11-7-6-8-12-22/h6-13,16,20-21H,5,14-15,17-18H2,1-4H3,(H,26,29)/t20-,21+/m1/s1. The average molecular weight is 427 g/mol. The lowest BCUT2D eigenvalue weighted by molar-refractivity contribution is -0.140. The van der Waals surface area contributed by atoms with Crippen molar-refractivity contribution < 1.29 is 9.59 Å². The summed E-state index contributed by atoms with van der Waals surface area (Å²) in [5.41, 5.74) is 3.45. The van der Waals surface area contributed by atoms with Crippen LogP contribution in [0, 0.1) is 6.92 Å². The van der Waals surface area contributed by atoms with Gasteiger partial charge in [0.15, 0.2) is 0 Å². The SMILES string of the molecule is CC[C@@H](C)NC(=O)[C@H](C)N(Cc1cccc(C)c1)C(=O)CCSCc1ccccc1. The number of nitrogens with zero attached hydrogens (tertiary/aromatic N) is 1. The molecule has 5 heteroatoms. The van der Waals surface area contributed by atoms with Crippen LogP contribution < -0.4 is 5.32 Å². The molecule has 2 rings (SSSR count). The maximum Gasteiger partial charge on any atom is 0.242 e. The Kier molecular flexibility index (Phi) is 9.95. The summed E-state index contributed by atoms with van der Waals surface area (Å²) in [5, 5.41) is 3.01. The number of aryl methyl sites for hydroxylation is 1. The summed E-state index contributed by atoms with van der Waals surface area (Å²) in [6.45, 7) is 8.32. The third kappa shape index (κ3) is 7.86. The summed E-state index contributed by atoms with van der Waals surface area (Å²) in [7, 11) is 0. The fraction of sp³-hybridized carbons (Fsp3) is 0.440. The molecule has 0 saturated carbocycles. The van der Waals surface area contributed by atoms with Gasteiger partial charge in [0.1, 0.15) is 6.04 Å². The van der Waals surface area contributed by atoms with Crippen LogP contribution in [-0.4, -0.2) is 34.6 Å². The van der Waals surface area contributed by atoms with Gasteiger partial charge in [-0.15, -0.1) is 0 Å². The Bertz CT molecular complexity index is 810. The second kappa shape index (κ2) is 12.4. The van der Waals surface area contributed by atoms with E-state index in [0.717, 1.165) is 29.1 Å². The molecule has 2 aromatic rings. The van der Waals surface area contributed by atoms with Gasteiger partial charge in [-0.05, 0) is 38.3 Å². The van der Waals surface area contributed by atoms with E-state index < -0.39 is 6.04 Å². The average Bonchev–Trinajstić information content (AvgIpc) is 2.75. The molecule has 162 valence electrons. The van der Waals surface area contributed by atoms with Crippen LogP contribution in [0.4, 0.5) is 0 Å². The van der Waals surface area contributed by atoms with Gasteiger partial charge < -0.3 is 10.2 Å². The first-order chi connectivity index (χ1) is 14.4. The molecule has 0 bridgehead atoms. The zero-order valence-corrected chi connectivity index (χ0v) is 19.4. The molecule has 1 N–H and O–H groups in total. The first-order valence-corrected chi connectivity index (χ1v) is 11.8. The van der Waals surface area contributed by atoms with Crippen LogP contribution in [0.1, 0.15) is 50.3 Å². The normalized spacial score (nSPS) is 12.8. The Hall–Kier alpha value is -2.27. The minimum Gasteiger partial charge on any atom is -0.352 e. The van der Waals surface area contributed by atoms with Crippen LogP contribution in [0.25, 0.3) is 0 Å². The van der Waals surface area contributed by atoms with Gasteiger partial charge in [0, 0.05) is 30.5 Å². The fourth-order valence-corrected chi connectivity index (χ4v) is 4.01. The smallest absolute Gasteiger partial charge is 0.242 e. The summed E-state index contributed by atoms with van der Waals surface area (Å²) in [6.07, 6.45) is 1.28. The Morgan fingerprint density at radius 1 is 1.03 bits per heavy atom. The van der Waals surface area contributed by atoms with Gasteiger partial charge in [-0.3, -0.25) is 9.59 Å². The number of benzene rings is 2. The van der Waals surface area contributed by atoms with Gasteiger partial charge in [-0.2, -0.15) is 11.8 Å². The van der Waals surface area contributed by atoms with Crippen LogP contribution in [-0.2, 0) is 21.9 Å². The van der Waals surface area contributed by atoms with Crippen LogP contribution >= 0.6 is 11.8 Å². The first-order valence-electron chi connectivity index (χ1n) is 10.7. The van der Waals surface area contributed by atoms with Crippen molar-refractivity contribution in [3.8, 4) is 0 Å². The molecule has 0 saturated heterocycles. The van der Waals surface area contributed by atoms with Crippen molar-refractivity contribution in [3.63, 3.8) is 0 Å². The van der Waals surface area contributed by atoms with Crippen LogP contribution in [0.3, 0.4) is 0 Å². The molecule has 2 aromatic carbocycles. The first kappa shape index (κ1) is 24.0. The largest absolute Gasteiger partial charge is 0.352 e. The number of rotatable bonds is 11. The van der Waals surface area contributed by atoms with E-state index in [1.165, 1.54) is 5.56 Å². The molecule has 0 fully saturated rings. The van der Waals surface area contributed by atoms with E-state index in [9.17, 15) is 9.59 Å². The van der Waals surface area contributed by atoms with Gasteiger partial charge in [0.2, 0.25) is 11.8 Å². The van der Waals surface area contributed by atoms with Crippen LogP contribution in [0.15, 0.2) is 54.6 Å². The molecule has 0 heterocycles. The maximum atomic E-state index is 13.1. The third-order valence-corrected chi connectivity index (χ3v) is 6.21. The maximum absolute atomic E-state index is 13.1. The van der Waals surface area contributed by atoms with Crippen molar-refractivity contribution in [1.82, 2.24) is 10.2 Å². The summed E-state index contributed by atoms with van der Waals surface area (Å²) in [5.74, 6) is 1.54. The number of hydrogen-bond donors (Lipinski definition) is 1. The summed E-state index contributed by atoms with van der Waals surface area (Å²) < 4.78 is 0. The van der Waals surface area contributed by atoms with Crippen molar-refractivity contribution in [2.24, 2.45) is 0 Å². The van der Waals surface area contributed by atoms with E-state index >= 15 is 0 Å². The second-order valence-corrected chi connectivity index (χ2v) is 8.90. The Morgan fingerprint density at radius 3 is 2.40 bits per heavy atom. The molecule has 0 radical (unpaired) electrons. The highest BCUT2D eigenvalue weighted by molar-refractivity contribution is 7.98. The van der Waals surface area contributed by atoms with Gasteiger partial charge in [-0.1, -0.05) is 67.1 Å². The Labute approximate surface area is 185 Å². The van der Waals surface area contributed by atoms with Crippen molar-refractivity contribution in [1.29, 1.82) is 0 Å². The zero-order chi connectivity index (χ0) is 21.9. The zero-order valence-electron chi connectivity index (χ0n) is 18.6. The predicted molar refractivity (Wildman–Crippen MR) is 126 cm³/mol. The minimum absolute atomic E-state index is 0.0175. The van der Waals surface area contributed by atoms with Crippen molar-refractivity contribution in [2.75, 3.05) is 5.75 Å². The van der Waals surface area contributed by atoms with Gasteiger partial charge >= 0.3 is 0 Å². The monoisotopic (exact) mass is 426 g/mol. The molecule has 0 aliphatic carbocycles. The number of carbonyl (C=O) groups is 2. The molecule has 2 atom stereocenters. The van der Waals surface area contributed by atoms with Gasteiger partial charge in [-0.25, -0.2) is 0 Å². The quantitative estimate of drug-likeness (QED) is 0.517. The highest BCUT2D eigenvalue weighted by Crippen LogP contribution is 2.16. The molecule has 0 aliphatic heterocycles. The van der Waals surface area contributed by atoms with Gasteiger partial charge in [0.05, 0.1) is 0 Å². The van der Waals surface area contributed by atoms with E-state index in [0.29, 0.717) is 13.0 Å². The molecule has 0 unspecified atom stereocenters. The summed E-state index contributed by atoms with van der Waals surface area (Å²) >= 11 is 1.75. The molecule has 0 aliphatic rings. The Balaban J connectivity index is 2.01. The number of nitrogens with one attached hydrogen (secondary N) is 1. The van der Waals surface area contributed by atoms with Crippen molar-refractivity contribution in [2.45, 2.75) is 64.9 Å². The van der Waals surface area contributed by atoms with E-state index in [1.807, 2.05) is 64.1 Å². The van der Waals surface area contributed by atoms with E-state index in [1.54, 1.807) is 16.7 Å². The molecular formula is C25H34N2O2S. The van der Waals surface area contributed by atoms with Gasteiger partial charge in [0.25, 0.3) is 0 Å². The molecule has 2 amide bonds. The molecule has 0 aromatic heterocycles. The summed E-state index contributed by atoms with van der Waals surface area (Å²) in [6, 6.07) is 18.0. The van der Waals surface area contributed by atoms with E-state index in [2.05, 4.69) is 23.5 Å². The lowest BCUT2D eigenvalue weighted by atomic mass is 10.1. The highest BCUT2D eigenvalue weighted by Gasteiger charge is 2.26. The van der Waals surface area contributed by atoms with E-state index in [-0.39, 0.29) is 17.9 Å². The second-order valence-electron chi connectivity index (χ2n) is 7.79. The lowest BCUT2D eigenvalue weighted by Crippen LogP contribution is -2.49. The molecule has 30 heavy (non-hydrogen) atoms. The highest BCUT2D eigenvalue weighted by atomic mass is 32.2. The number of carbonyl (C=O) groups excluding carboxylic acids is 2. The Morgan fingerprint density at radius 2 is 1.73 bits per heavy atom. The number of hydrogen-bond acceptors (Lipinski definition) is 3. The van der Waals surface area contributed by atoms with Crippen LogP contribution in [0.5, 0.6) is 0 Å². The molecular weight excluding hydrogens is 392 g/mol. The topological polar surface area (TPSA) is 49.4 Å². The molecule has 0 spiro atoms. The van der Waals surface area contributed by atoms with E-state index in [4.69, 9.17) is 0 Å². The van der Waals surface area contributed by atoms with Crippen LogP contribution in [0.2, 0.25) is 0 Å². The minimum atomic E-state index is -0.508. The number of amides is 2. The molecule has 4 nitrogen and oxygen atoms in total. The third-order valence-electron chi connectivity index (χ3n) is 5.18. The van der Waals surface area contributed by atoms with Crippen molar-refractivity contribution in [3.05, 3.63) is 71.3 Å². The lowest BCUT2D eigenvalue weighted by Gasteiger charge is -2.30. The number of thioether (sulfide) groups is 1.